The maximum atomic E-state index is 6.33. The maximum absolute atomic E-state index is 6.33. The highest BCUT2D eigenvalue weighted by Gasteiger charge is 2.48. The van der Waals surface area contributed by atoms with Gasteiger partial charge in [0.2, 0.25) is 9.04 Å². The molecule has 0 aliphatic carbocycles. The van der Waals surface area contributed by atoms with E-state index >= 15 is 0 Å². The van der Waals surface area contributed by atoms with Crippen LogP contribution in [0.5, 0.6) is 5.75 Å². The lowest BCUT2D eigenvalue weighted by molar-refractivity contribution is 0.0706. The molecule has 2 aromatic carbocycles. The number of rotatable bonds is 7. The molecule has 160 valence electrons. The number of para-hydroxylation sites is 3. The van der Waals surface area contributed by atoms with Gasteiger partial charge in [-0.05, 0) is 48.9 Å². The molecule has 5 heteroatoms. The lowest BCUT2D eigenvalue weighted by Gasteiger charge is -2.48. The molecular formula is C25H34N2O2Si. The highest BCUT2D eigenvalue weighted by atomic mass is 28.3. The van der Waals surface area contributed by atoms with Crippen LogP contribution in [0.1, 0.15) is 20.8 Å². The Bertz CT molecular complexity index is 903. The molecule has 0 fully saturated rings. The Hall–Kier alpha value is -2.53. The Labute approximate surface area is 183 Å². The Balaban J connectivity index is 2.15. The largest absolute Gasteiger partial charge is 0.546 e. The third-order valence-corrected chi connectivity index (χ3v) is 6.56. The molecule has 1 unspecified atom stereocenters. The number of hydrogen-bond acceptors (Lipinski definition) is 4. The van der Waals surface area contributed by atoms with Crippen LogP contribution in [0.25, 0.3) is 0 Å². The number of hydrogen-bond donors (Lipinski definition) is 0. The fraction of sp³-hybridized carbons (Fsp3) is 0.400. The minimum absolute atomic E-state index is 0.0672. The molecule has 0 N–H and O–H groups in total. The van der Waals surface area contributed by atoms with Gasteiger partial charge in [0.15, 0.2) is 0 Å². The van der Waals surface area contributed by atoms with Gasteiger partial charge < -0.3 is 14.1 Å². The maximum Gasteiger partial charge on any atom is 0.229 e. The van der Waals surface area contributed by atoms with E-state index in [-0.39, 0.29) is 10.8 Å². The van der Waals surface area contributed by atoms with E-state index in [0.29, 0.717) is 6.54 Å². The van der Waals surface area contributed by atoms with Gasteiger partial charge in [-0.3, -0.25) is 4.99 Å². The molecule has 0 amide bonds. The first-order valence-corrected chi connectivity index (χ1v) is 13.4. The van der Waals surface area contributed by atoms with Crippen molar-refractivity contribution in [2.24, 2.45) is 15.8 Å². The fourth-order valence-corrected chi connectivity index (χ4v) is 4.74. The van der Waals surface area contributed by atoms with Crippen molar-refractivity contribution in [3.63, 3.8) is 0 Å². The molecule has 0 spiro atoms. The van der Waals surface area contributed by atoms with Gasteiger partial charge in [-0.15, -0.1) is 0 Å². The zero-order chi connectivity index (χ0) is 21.8. The van der Waals surface area contributed by atoms with Crippen LogP contribution in [-0.2, 0) is 4.74 Å². The summed E-state index contributed by atoms with van der Waals surface area (Å²) < 4.78 is 12.3. The van der Waals surface area contributed by atoms with Crippen molar-refractivity contribution in [2.45, 2.75) is 33.9 Å². The molecule has 3 rings (SSSR count). The monoisotopic (exact) mass is 422 g/mol. The van der Waals surface area contributed by atoms with Crippen LogP contribution >= 0.6 is 0 Å². The van der Waals surface area contributed by atoms with Gasteiger partial charge in [-0.25, -0.2) is 0 Å². The third kappa shape index (κ3) is 4.46. The fourth-order valence-electron chi connectivity index (χ4n) is 4.03. The van der Waals surface area contributed by atoms with Crippen molar-refractivity contribution >= 4 is 26.6 Å². The van der Waals surface area contributed by atoms with Crippen LogP contribution in [-0.4, -0.2) is 35.5 Å². The van der Waals surface area contributed by atoms with E-state index in [9.17, 15) is 0 Å². The highest BCUT2D eigenvalue weighted by molar-refractivity contribution is 6.49. The van der Waals surface area contributed by atoms with Crippen molar-refractivity contribution in [1.82, 2.24) is 0 Å². The van der Waals surface area contributed by atoms with Crippen molar-refractivity contribution in [2.75, 3.05) is 25.1 Å². The highest BCUT2D eigenvalue weighted by Crippen LogP contribution is 2.49. The molecule has 30 heavy (non-hydrogen) atoms. The molecule has 0 aromatic heterocycles. The number of aliphatic imine (C=N–C) groups is 1. The molecule has 1 atom stereocenters. The predicted octanol–water partition coefficient (Wildman–Crippen LogP) is 5.83. The number of ether oxygens (including phenoxy) is 1. The summed E-state index contributed by atoms with van der Waals surface area (Å²) in [6, 6.07) is 18.9. The normalized spacial score (nSPS) is 18.8. The van der Waals surface area contributed by atoms with E-state index < -0.39 is 9.04 Å². The van der Waals surface area contributed by atoms with Crippen molar-refractivity contribution < 1.29 is 9.16 Å². The first-order chi connectivity index (χ1) is 14.3. The molecule has 1 heterocycles. The summed E-state index contributed by atoms with van der Waals surface area (Å²) in [4.78, 5) is 7.04. The second kappa shape index (κ2) is 9.09. The third-order valence-electron chi connectivity index (χ3n) is 5.83. The zero-order valence-electron chi connectivity index (χ0n) is 19.1. The molecule has 0 saturated carbocycles. The van der Waals surface area contributed by atoms with Gasteiger partial charge in [0.1, 0.15) is 11.5 Å². The number of benzene rings is 2. The van der Waals surface area contributed by atoms with Crippen LogP contribution in [0.2, 0.25) is 13.1 Å². The second-order valence-electron chi connectivity index (χ2n) is 9.11. The average Bonchev–Trinajstić information content (AvgIpc) is 2.72. The van der Waals surface area contributed by atoms with E-state index in [1.54, 1.807) is 7.11 Å². The summed E-state index contributed by atoms with van der Waals surface area (Å²) in [5.74, 6) is 1.91. The molecule has 1 aliphatic rings. The van der Waals surface area contributed by atoms with Gasteiger partial charge >= 0.3 is 0 Å². The Kier molecular flexibility index (Phi) is 6.71. The Morgan fingerprint density at radius 2 is 1.70 bits per heavy atom. The topological polar surface area (TPSA) is 34.1 Å². The minimum Gasteiger partial charge on any atom is -0.546 e. The summed E-state index contributed by atoms with van der Waals surface area (Å²) in [7, 11) is 0.502. The van der Waals surface area contributed by atoms with Gasteiger partial charge in [-0.2, -0.15) is 0 Å². The van der Waals surface area contributed by atoms with Crippen LogP contribution in [0.3, 0.4) is 0 Å². The number of allylic oxidation sites excluding steroid dienone is 1. The average molecular weight is 423 g/mol. The standard InChI is InChI=1S/C25H34N2O2Si/c1-24(2,3)25(18-26-17-16-23(25)28-4)19-27(20-12-8-7-9-13-20)21-14-10-11-15-22(21)29-30(5)6/h7-17,30H,18-19H2,1-6H3. The van der Waals surface area contributed by atoms with E-state index in [0.717, 1.165) is 29.4 Å². The number of methoxy groups -OCH3 is 1. The van der Waals surface area contributed by atoms with E-state index in [4.69, 9.17) is 9.16 Å². The van der Waals surface area contributed by atoms with Gasteiger partial charge in [-0.1, -0.05) is 51.1 Å². The van der Waals surface area contributed by atoms with Crippen LogP contribution in [0.15, 0.2) is 71.4 Å². The van der Waals surface area contributed by atoms with Gasteiger partial charge in [0.25, 0.3) is 0 Å². The first kappa shape index (κ1) is 22.2. The Morgan fingerprint density at radius 1 is 1.03 bits per heavy atom. The van der Waals surface area contributed by atoms with E-state index in [1.807, 2.05) is 18.4 Å². The summed E-state index contributed by atoms with van der Waals surface area (Å²) in [5, 5.41) is 0. The lowest BCUT2D eigenvalue weighted by Crippen LogP contribution is -2.50. The molecule has 2 aromatic rings. The summed E-state index contributed by atoms with van der Waals surface area (Å²) in [6.07, 6.45) is 3.87. The van der Waals surface area contributed by atoms with Crippen molar-refractivity contribution in [3.8, 4) is 5.75 Å². The Morgan fingerprint density at radius 3 is 2.33 bits per heavy atom. The summed E-state index contributed by atoms with van der Waals surface area (Å²) in [5.41, 5.74) is 1.86. The number of nitrogens with zero attached hydrogens (tertiary/aromatic N) is 2. The van der Waals surface area contributed by atoms with E-state index in [2.05, 4.69) is 92.3 Å². The molecule has 0 radical (unpaired) electrons. The lowest BCUT2D eigenvalue weighted by atomic mass is 9.64. The SMILES string of the molecule is COC1=CC=NCC1(CN(c1ccccc1)c1ccccc1O[SiH](C)C)C(C)(C)C. The minimum atomic E-state index is -1.26. The molecule has 0 saturated heterocycles. The first-order valence-electron chi connectivity index (χ1n) is 10.6. The molecular weight excluding hydrogens is 388 g/mol. The molecule has 4 nitrogen and oxygen atoms in total. The second-order valence-corrected chi connectivity index (χ2v) is 11.4. The zero-order valence-corrected chi connectivity index (χ0v) is 20.2. The van der Waals surface area contributed by atoms with Crippen LogP contribution in [0.4, 0.5) is 11.4 Å². The summed E-state index contributed by atoms with van der Waals surface area (Å²) >= 11 is 0. The smallest absolute Gasteiger partial charge is 0.229 e. The molecule has 1 aliphatic heterocycles. The quantitative estimate of drug-likeness (QED) is 0.526. The van der Waals surface area contributed by atoms with Gasteiger partial charge in [0, 0.05) is 18.4 Å². The van der Waals surface area contributed by atoms with Crippen LogP contribution in [0, 0.1) is 10.8 Å². The van der Waals surface area contributed by atoms with E-state index in [1.165, 1.54) is 0 Å². The summed E-state index contributed by atoms with van der Waals surface area (Å²) in [6.45, 7) is 12.6. The van der Waals surface area contributed by atoms with Crippen LogP contribution < -0.4 is 9.33 Å². The molecule has 0 bridgehead atoms. The van der Waals surface area contributed by atoms with Crippen molar-refractivity contribution in [1.29, 1.82) is 0 Å². The van der Waals surface area contributed by atoms with Crippen molar-refractivity contribution in [3.05, 3.63) is 66.4 Å². The number of dihydropyridines is 1. The van der Waals surface area contributed by atoms with Gasteiger partial charge in [0.05, 0.1) is 24.8 Å². The predicted molar refractivity (Wildman–Crippen MR) is 130 cm³/mol. The number of anilines is 2.